The van der Waals surface area contributed by atoms with E-state index < -0.39 is 0 Å². The number of hydrogen-bond acceptors (Lipinski definition) is 5. The van der Waals surface area contributed by atoms with Crippen molar-refractivity contribution in [2.24, 2.45) is 7.05 Å². The van der Waals surface area contributed by atoms with Crippen molar-refractivity contribution < 1.29 is 8.91 Å². The Bertz CT molecular complexity index is 792. The zero-order valence-corrected chi connectivity index (χ0v) is 13.3. The van der Waals surface area contributed by atoms with Gasteiger partial charge in [0.05, 0.1) is 11.3 Å². The number of nitrogens with zero attached hydrogens (tertiary/aromatic N) is 4. The molecule has 2 heterocycles. The van der Waals surface area contributed by atoms with Crippen LogP contribution in [0.5, 0.6) is 0 Å². The van der Waals surface area contributed by atoms with Gasteiger partial charge in [-0.2, -0.15) is 0 Å². The number of rotatable bonds is 4. The van der Waals surface area contributed by atoms with Crippen LogP contribution in [0.3, 0.4) is 0 Å². The zero-order valence-electron chi connectivity index (χ0n) is 12.5. The van der Waals surface area contributed by atoms with Crippen molar-refractivity contribution in [1.29, 1.82) is 0 Å². The van der Waals surface area contributed by atoms with Gasteiger partial charge in [0.15, 0.2) is 11.0 Å². The minimum absolute atomic E-state index is 0.305. The Labute approximate surface area is 131 Å². The second kappa shape index (κ2) is 5.92. The Kier molecular flexibility index (Phi) is 3.98. The first kappa shape index (κ1) is 14.8. The fraction of sp³-hybridized carbons (Fsp3) is 0.267. The van der Waals surface area contributed by atoms with Gasteiger partial charge >= 0.3 is 0 Å². The van der Waals surface area contributed by atoms with Crippen LogP contribution in [-0.2, 0) is 12.8 Å². The molecule has 0 saturated carbocycles. The summed E-state index contributed by atoms with van der Waals surface area (Å²) in [7, 11) is 1.83. The molecular weight excluding hydrogens is 303 g/mol. The smallest absolute Gasteiger partial charge is 0.191 e. The number of aromatic nitrogens is 4. The summed E-state index contributed by atoms with van der Waals surface area (Å²) < 4.78 is 20.8. The molecule has 0 aliphatic rings. The lowest BCUT2D eigenvalue weighted by atomic mass is 10.2. The predicted molar refractivity (Wildman–Crippen MR) is 81.9 cm³/mol. The molecule has 7 heteroatoms. The van der Waals surface area contributed by atoms with E-state index in [1.807, 2.05) is 20.9 Å². The van der Waals surface area contributed by atoms with Gasteiger partial charge in [0, 0.05) is 18.4 Å². The minimum atomic E-state index is -0.305. The summed E-state index contributed by atoms with van der Waals surface area (Å²) in [5.74, 6) is 1.70. The Morgan fingerprint density at radius 3 is 2.68 bits per heavy atom. The number of hydrogen-bond donors (Lipinski definition) is 0. The van der Waals surface area contributed by atoms with Crippen molar-refractivity contribution in [1.82, 2.24) is 19.9 Å². The lowest BCUT2D eigenvalue weighted by molar-refractivity contribution is 0.392. The normalized spacial score (nSPS) is 11.1. The second-order valence-corrected chi connectivity index (χ2v) is 5.88. The van der Waals surface area contributed by atoms with E-state index in [0.29, 0.717) is 17.1 Å². The van der Waals surface area contributed by atoms with Gasteiger partial charge in [0.25, 0.3) is 0 Å². The number of halogens is 1. The maximum atomic E-state index is 13.9. The summed E-state index contributed by atoms with van der Waals surface area (Å²) in [6.45, 7) is 3.80. The zero-order chi connectivity index (χ0) is 15.7. The Hall–Kier alpha value is -2.15. The maximum absolute atomic E-state index is 13.9. The van der Waals surface area contributed by atoms with E-state index >= 15 is 0 Å². The highest BCUT2D eigenvalue weighted by Gasteiger charge is 2.16. The number of benzene rings is 1. The molecule has 0 radical (unpaired) electrons. The van der Waals surface area contributed by atoms with Crippen molar-refractivity contribution >= 4 is 11.8 Å². The van der Waals surface area contributed by atoms with Crippen LogP contribution in [0, 0.1) is 19.7 Å². The van der Waals surface area contributed by atoms with Crippen molar-refractivity contribution in [2.45, 2.75) is 24.8 Å². The van der Waals surface area contributed by atoms with Gasteiger partial charge in [-0.1, -0.05) is 29.1 Å². The highest BCUT2D eigenvalue weighted by Crippen LogP contribution is 2.28. The first-order valence-corrected chi connectivity index (χ1v) is 7.75. The molecule has 0 saturated heterocycles. The summed E-state index contributed by atoms with van der Waals surface area (Å²) in [5.41, 5.74) is 2.38. The van der Waals surface area contributed by atoms with E-state index in [1.54, 1.807) is 22.8 Å². The summed E-state index contributed by atoms with van der Waals surface area (Å²) in [6, 6.07) is 6.55. The highest BCUT2D eigenvalue weighted by atomic mass is 32.2. The van der Waals surface area contributed by atoms with Gasteiger partial charge < -0.3 is 9.09 Å². The van der Waals surface area contributed by atoms with E-state index in [0.717, 1.165) is 22.2 Å². The van der Waals surface area contributed by atoms with E-state index in [1.165, 1.54) is 17.8 Å². The lowest BCUT2D eigenvalue weighted by Gasteiger charge is -2.04. The molecular formula is C15H15FN4OS. The number of aryl methyl sites for hydroxylation is 2. The van der Waals surface area contributed by atoms with Crippen molar-refractivity contribution in [3.8, 4) is 11.4 Å². The molecule has 3 rings (SSSR count). The van der Waals surface area contributed by atoms with Crippen LogP contribution in [0.4, 0.5) is 4.39 Å². The van der Waals surface area contributed by atoms with Crippen LogP contribution in [-0.4, -0.2) is 19.9 Å². The molecule has 114 valence electrons. The second-order valence-electron chi connectivity index (χ2n) is 4.94. The predicted octanol–water partition coefficient (Wildman–Crippen LogP) is 3.52. The standard InChI is InChI=1S/C15H15FN4OS/c1-9-12(10(2)21-19-9)8-22-15-18-17-14(20(15)3)11-6-4-5-7-13(11)16/h4-7H,8H2,1-3H3. The largest absolute Gasteiger partial charge is 0.361 e. The quantitative estimate of drug-likeness (QED) is 0.689. The summed E-state index contributed by atoms with van der Waals surface area (Å²) >= 11 is 1.52. The fourth-order valence-corrected chi connectivity index (χ4v) is 3.23. The summed E-state index contributed by atoms with van der Waals surface area (Å²) in [6.07, 6.45) is 0. The summed E-state index contributed by atoms with van der Waals surface area (Å²) in [5, 5.41) is 12.9. The first-order valence-electron chi connectivity index (χ1n) is 6.76. The molecule has 0 atom stereocenters. The van der Waals surface area contributed by atoms with E-state index in [-0.39, 0.29) is 5.82 Å². The van der Waals surface area contributed by atoms with Crippen LogP contribution < -0.4 is 0 Å². The molecule has 0 aliphatic heterocycles. The topological polar surface area (TPSA) is 56.7 Å². The molecule has 1 aromatic carbocycles. The minimum Gasteiger partial charge on any atom is -0.361 e. The number of thioether (sulfide) groups is 1. The molecule has 3 aromatic rings. The van der Waals surface area contributed by atoms with Gasteiger partial charge in [-0.25, -0.2) is 4.39 Å². The van der Waals surface area contributed by atoms with Gasteiger partial charge in [0.2, 0.25) is 0 Å². The Morgan fingerprint density at radius 2 is 2.00 bits per heavy atom. The van der Waals surface area contributed by atoms with E-state index in [4.69, 9.17) is 4.52 Å². The molecule has 22 heavy (non-hydrogen) atoms. The lowest BCUT2D eigenvalue weighted by Crippen LogP contribution is -1.97. The highest BCUT2D eigenvalue weighted by molar-refractivity contribution is 7.98. The third-order valence-electron chi connectivity index (χ3n) is 3.48. The van der Waals surface area contributed by atoms with Gasteiger partial charge in [-0.05, 0) is 26.0 Å². The Balaban J connectivity index is 1.84. The van der Waals surface area contributed by atoms with Crippen LogP contribution in [0.25, 0.3) is 11.4 Å². The molecule has 0 aliphatic carbocycles. The fourth-order valence-electron chi connectivity index (χ4n) is 2.16. The van der Waals surface area contributed by atoms with E-state index in [9.17, 15) is 4.39 Å². The third kappa shape index (κ3) is 2.64. The molecule has 5 nitrogen and oxygen atoms in total. The van der Waals surface area contributed by atoms with Crippen molar-refractivity contribution in [3.63, 3.8) is 0 Å². The maximum Gasteiger partial charge on any atom is 0.191 e. The van der Waals surface area contributed by atoms with Crippen LogP contribution in [0.2, 0.25) is 0 Å². The first-order chi connectivity index (χ1) is 10.6. The van der Waals surface area contributed by atoms with E-state index in [2.05, 4.69) is 15.4 Å². The van der Waals surface area contributed by atoms with Crippen molar-refractivity contribution in [2.75, 3.05) is 0 Å². The van der Waals surface area contributed by atoms with Crippen LogP contribution in [0.15, 0.2) is 33.9 Å². The third-order valence-corrected chi connectivity index (χ3v) is 4.52. The van der Waals surface area contributed by atoms with Gasteiger partial charge in [-0.3, -0.25) is 0 Å². The average molecular weight is 318 g/mol. The van der Waals surface area contributed by atoms with Gasteiger partial charge in [0.1, 0.15) is 11.6 Å². The SMILES string of the molecule is Cc1noc(C)c1CSc1nnc(-c2ccccc2F)n1C. The molecule has 0 N–H and O–H groups in total. The summed E-state index contributed by atoms with van der Waals surface area (Å²) in [4.78, 5) is 0. The van der Waals surface area contributed by atoms with Crippen molar-refractivity contribution in [3.05, 3.63) is 47.1 Å². The van der Waals surface area contributed by atoms with Crippen LogP contribution >= 0.6 is 11.8 Å². The molecule has 2 aromatic heterocycles. The average Bonchev–Trinajstić information content (AvgIpc) is 3.02. The van der Waals surface area contributed by atoms with Gasteiger partial charge in [-0.15, -0.1) is 10.2 Å². The molecule has 0 fully saturated rings. The molecule has 0 spiro atoms. The molecule has 0 bridgehead atoms. The Morgan fingerprint density at radius 1 is 1.23 bits per heavy atom. The monoisotopic (exact) mass is 318 g/mol. The molecule has 0 amide bonds. The molecule has 0 unspecified atom stereocenters. The van der Waals surface area contributed by atoms with Crippen LogP contribution in [0.1, 0.15) is 17.0 Å².